The lowest BCUT2D eigenvalue weighted by molar-refractivity contribution is -0.152. The number of carbonyl (C=O) groups is 3. The molecule has 4 atom stereocenters. The second-order valence-electron chi connectivity index (χ2n) is 8.77. The molecule has 0 spiro atoms. The van der Waals surface area contributed by atoms with Crippen LogP contribution in [0.4, 0.5) is 0 Å². The molecule has 3 aliphatic heterocycles. The third kappa shape index (κ3) is 3.70. The summed E-state index contributed by atoms with van der Waals surface area (Å²) in [6.07, 6.45) is 3.24. The molecule has 3 saturated heterocycles. The van der Waals surface area contributed by atoms with Crippen LogP contribution in [0.1, 0.15) is 50.1 Å². The van der Waals surface area contributed by atoms with E-state index < -0.39 is 5.56 Å². The van der Waals surface area contributed by atoms with Gasteiger partial charge in [-0.25, -0.2) is 0 Å². The lowest BCUT2D eigenvalue weighted by atomic mass is 9.72. The lowest BCUT2D eigenvalue weighted by Crippen LogP contribution is -2.67. The molecule has 4 heterocycles. The fourth-order valence-corrected chi connectivity index (χ4v) is 5.16. The van der Waals surface area contributed by atoms with Gasteiger partial charge < -0.3 is 19.6 Å². The predicted molar refractivity (Wildman–Crippen MR) is 103 cm³/mol. The largest absolute Gasteiger partial charge is 0.373 e. The Balaban J connectivity index is 1.57. The molecule has 29 heavy (non-hydrogen) atoms. The fraction of sp³-hybridized carbons (Fsp3) is 0.700. The monoisotopic (exact) mass is 404 g/mol. The standard InChI is InChI=1S/C20H28N4O5/c1-11(2)19(27)21-8-15-13-6-12(14-4-3-5-18(26)24(14)15)9-23(10-13)20(28)16-7-17(25)22-29-16/h7,11-15H,3-6,8-10H2,1-2H3,(H,21,27)(H,22,25)/t12-,13+,14+,15+/m1/s1. The molecule has 0 unspecified atom stereocenters. The number of nitrogens with one attached hydrogen (secondary N) is 2. The summed E-state index contributed by atoms with van der Waals surface area (Å²) in [5.74, 6) is -0.0316. The van der Waals surface area contributed by atoms with Crippen molar-refractivity contribution >= 4 is 17.7 Å². The van der Waals surface area contributed by atoms with Crippen molar-refractivity contribution in [3.63, 3.8) is 0 Å². The minimum Gasteiger partial charge on any atom is -0.373 e. The van der Waals surface area contributed by atoms with Crippen molar-refractivity contribution in [3.8, 4) is 0 Å². The highest BCUT2D eigenvalue weighted by Gasteiger charge is 2.50. The average Bonchev–Trinajstić information content (AvgIpc) is 3.13. The normalized spacial score (nSPS) is 29.0. The zero-order valence-electron chi connectivity index (χ0n) is 16.8. The van der Waals surface area contributed by atoms with E-state index in [-0.39, 0.29) is 53.3 Å². The molecule has 3 amide bonds. The summed E-state index contributed by atoms with van der Waals surface area (Å²) in [6, 6.07) is 1.13. The Kier molecular flexibility index (Phi) is 5.23. The van der Waals surface area contributed by atoms with Gasteiger partial charge in [-0.3, -0.25) is 19.2 Å². The van der Waals surface area contributed by atoms with Gasteiger partial charge in [-0.1, -0.05) is 13.8 Å². The Morgan fingerprint density at radius 2 is 2.03 bits per heavy atom. The van der Waals surface area contributed by atoms with E-state index in [1.807, 2.05) is 18.7 Å². The van der Waals surface area contributed by atoms with Crippen molar-refractivity contribution in [2.75, 3.05) is 19.6 Å². The number of likely N-dealkylation sites (tertiary alicyclic amines) is 1. The van der Waals surface area contributed by atoms with Crippen LogP contribution >= 0.6 is 0 Å². The lowest BCUT2D eigenvalue weighted by Gasteiger charge is -2.56. The highest BCUT2D eigenvalue weighted by molar-refractivity contribution is 5.91. The average molecular weight is 404 g/mol. The molecular weight excluding hydrogens is 376 g/mol. The molecule has 3 fully saturated rings. The van der Waals surface area contributed by atoms with Crippen LogP contribution in [0.25, 0.3) is 0 Å². The Hall–Kier alpha value is -2.58. The molecule has 2 bridgehead atoms. The van der Waals surface area contributed by atoms with Gasteiger partial charge in [-0.05, 0) is 31.1 Å². The Labute approximate surface area is 168 Å². The first-order valence-corrected chi connectivity index (χ1v) is 10.4. The molecule has 9 heteroatoms. The maximum atomic E-state index is 12.9. The van der Waals surface area contributed by atoms with Gasteiger partial charge in [0.25, 0.3) is 11.5 Å². The van der Waals surface area contributed by atoms with Crippen molar-refractivity contribution in [2.24, 2.45) is 17.8 Å². The van der Waals surface area contributed by atoms with E-state index >= 15 is 0 Å². The van der Waals surface area contributed by atoms with E-state index in [0.717, 1.165) is 19.3 Å². The molecule has 158 valence electrons. The first kappa shape index (κ1) is 19.7. The topological polar surface area (TPSA) is 116 Å². The Bertz CT molecular complexity index is 859. The van der Waals surface area contributed by atoms with Gasteiger partial charge in [-0.2, -0.15) is 5.16 Å². The molecule has 3 aliphatic rings. The number of nitrogens with zero attached hydrogens (tertiary/aromatic N) is 2. The van der Waals surface area contributed by atoms with Crippen LogP contribution in [-0.2, 0) is 9.59 Å². The number of H-pyrrole nitrogens is 1. The smallest absolute Gasteiger partial charge is 0.292 e. The molecule has 4 rings (SSSR count). The summed E-state index contributed by atoms with van der Waals surface area (Å²) < 4.78 is 5.01. The number of aromatic amines is 1. The van der Waals surface area contributed by atoms with Crippen molar-refractivity contribution in [1.82, 2.24) is 20.3 Å². The maximum absolute atomic E-state index is 12.9. The molecular formula is C20H28N4O5. The van der Waals surface area contributed by atoms with E-state index in [2.05, 4.69) is 10.5 Å². The van der Waals surface area contributed by atoms with Crippen LogP contribution < -0.4 is 10.9 Å². The minimum absolute atomic E-state index is 0.0104. The van der Waals surface area contributed by atoms with E-state index in [1.165, 1.54) is 6.07 Å². The second-order valence-corrected chi connectivity index (χ2v) is 8.77. The van der Waals surface area contributed by atoms with Crippen molar-refractivity contribution in [2.45, 2.75) is 51.6 Å². The number of hydrogen-bond donors (Lipinski definition) is 2. The van der Waals surface area contributed by atoms with E-state index in [4.69, 9.17) is 4.52 Å². The molecule has 0 aliphatic carbocycles. The second kappa shape index (κ2) is 7.68. The van der Waals surface area contributed by atoms with E-state index in [9.17, 15) is 19.2 Å². The first-order valence-electron chi connectivity index (χ1n) is 10.4. The van der Waals surface area contributed by atoms with Gasteiger partial charge in [0.1, 0.15) is 0 Å². The fourth-order valence-electron chi connectivity index (χ4n) is 5.16. The minimum atomic E-state index is -0.441. The summed E-state index contributed by atoms with van der Waals surface area (Å²) in [4.78, 5) is 52.8. The number of amides is 3. The van der Waals surface area contributed by atoms with Crippen LogP contribution in [0, 0.1) is 17.8 Å². The van der Waals surface area contributed by atoms with Crippen LogP contribution in [0.2, 0.25) is 0 Å². The quantitative estimate of drug-likeness (QED) is 0.762. The van der Waals surface area contributed by atoms with Crippen molar-refractivity contribution in [3.05, 3.63) is 22.2 Å². The first-order chi connectivity index (χ1) is 13.8. The summed E-state index contributed by atoms with van der Waals surface area (Å²) in [7, 11) is 0. The zero-order chi connectivity index (χ0) is 20.7. The van der Waals surface area contributed by atoms with Crippen LogP contribution in [0.5, 0.6) is 0 Å². The van der Waals surface area contributed by atoms with Gasteiger partial charge in [-0.15, -0.1) is 0 Å². The van der Waals surface area contributed by atoms with Gasteiger partial charge >= 0.3 is 0 Å². The van der Waals surface area contributed by atoms with Crippen LogP contribution in [-0.4, -0.2) is 64.4 Å². The molecule has 1 aromatic rings. The highest BCUT2D eigenvalue weighted by Crippen LogP contribution is 2.41. The predicted octanol–water partition coefficient (Wildman–Crippen LogP) is 0.582. The third-order valence-electron chi connectivity index (χ3n) is 6.53. The number of rotatable bonds is 4. The SMILES string of the molecule is CC(C)C(=O)NC[C@H]1[C@H]2C[C@H](CN(C(=O)c3cc(=O)[nH]o3)C2)[C@@H]2CCCC(=O)N21. The van der Waals surface area contributed by atoms with Crippen LogP contribution in [0.15, 0.2) is 15.4 Å². The molecule has 0 aromatic carbocycles. The molecule has 0 radical (unpaired) electrons. The Morgan fingerprint density at radius 3 is 2.72 bits per heavy atom. The summed E-state index contributed by atoms with van der Waals surface area (Å²) in [5, 5.41) is 5.15. The summed E-state index contributed by atoms with van der Waals surface area (Å²) in [6.45, 7) is 5.10. The molecule has 1 aromatic heterocycles. The van der Waals surface area contributed by atoms with Crippen molar-refractivity contribution in [1.29, 1.82) is 0 Å². The van der Waals surface area contributed by atoms with Gasteiger partial charge in [0, 0.05) is 38.0 Å². The van der Waals surface area contributed by atoms with Crippen molar-refractivity contribution < 1.29 is 18.9 Å². The number of aromatic nitrogens is 1. The number of carbonyl (C=O) groups excluding carboxylic acids is 3. The summed E-state index contributed by atoms with van der Waals surface area (Å²) in [5.41, 5.74) is -0.441. The van der Waals surface area contributed by atoms with E-state index in [1.54, 1.807) is 4.90 Å². The van der Waals surface area contributed by atoms with Crippen LogP contribution in [0.3, 0.4) is 0 Å². The summed E-state index contributed by atoms with van der Waals surface area (Å²) >= 11 is 0. The highest BCUT2D eigenvalue weighted by atomic mass is 16.5. The molecule has 2 N–H and O–H groups in total. The molecule has 9 nitrogen and oxygen atoms in total. The Morgan fingerprint density at radius 1 is 1.28 bits per heavy atom. The number of fused-ring (bicyclic) bond motifs is 4. The maximum Gasteiger partial charge on any atom is 0.292 e. The van der Waals surface area contributed by atoms with Gasteiger partial charge in [0.15, 0.2) is 0 Å². The zero-order valence-corrected chi connectivity index (χ0v) is 16.8. The molecule has 0 saturated carbocycles. The van der Waals surface area contributed by atoms with E-state index in [0.29, 0.717) is 26.1 Å². The number of piperidine rings is 3. The van der Waals surface area contributed by atoms with Gasteiger partial charge in [0.05, 0.1) is 12.1 Å². The van der Waals surface area contributed by atoms with Gasteiger partial charge in [0.2, 0.25) is 17.6 Å². The third-order valence-corrected chi connectivity index (χ3v) is 6.53. The number of hydrogen-bond acceptors (Lipinski definition) is 5.